The molecule has 0 aliphatic carbocycles. The minimum atomic E-state index is -0.319. The van der Waals surface area contributed by atoms with Crippen LogP contribution in [0.4, 0.5) is 5.95 Å². The molecule has 0 atom stereocenters. The number of benzene rings is 2. The van der Waals surface area contributed by atoms with Gasteiger partial charge in [0.2, 0.25) is 5.95 Å². The van der Waals surface area contributed by atoms with Crippen molar-refractivity contribution in [2.45, 2.75) is 6.42 Å². The Morgan fingerprint density at radius 1 is 1.15 bits per heavy atom. The second kappa shape index (κ2) is 7.45. The Morgan fingerprint density at radius 3 is 2.58 bits per heavy atom. The number of halogens is 1. The van der Waals surface area contributed by atoms with Crippen molar-refractivity contribution in [1.29, 1.82) is 0 Å². The molecule has 2 N–H and O–H groups in total. The number of carbonyl (C=O) groups is 1. The van der Waals surface area contributed by atoms with Gasteiger partial charge in [-0.3, -0.25) is 4.79 Å². The molecule has 2 aromatic carbocycles. The number of hydrogen-bond acceptors (Lipinski definition) is 6. The van der Waals surface area contributed by atoms with E-state index in [2.05, 4.69) is 10.1 Å². The third-order valence-corrected chi connectivity index (χ3v) is 4.12. The Bertz CT molecular complexity index is 955. The van der Waals surface area contributed by atoms with Crippen molar-refractivity contribution in [1.82, 2.24) is 14.8 Å². The van der Waals surface area contributed by atoms with Crippen molar-refractivity contribution in [2.24, 2.45) is 0 Å². The lowest BCUT2D eigenvalue weighted by atomic mass is 10.1. The highest BCUT2D eigenvalue weighted by Gasteiger charge is 2.17. The summed E-state index contributed by atoms with van der Waals surface area (Å²) in [5.41, 5.74) is 7.21. The minimum Gasteiger partial charge on any atom is -0.493 e. The molecule has 134 valence electrons. The van der Waals surface area contributed by atoms with Gasteiger partial charge in [-0.25, -0.2) is 0 Å². The van der Waals surface area contributed by atoms with Crippen LogP contribution in [0.2, 0.25) is 5.02 Å². The summed E-state index contributed by atoms with van der Waals surface area (Å²) in [7, 11) is 3.09. The van der Waals surface area contributed by atoms with Crippen molar-refractivity contribution >= 4 is 23.5 Å². The van der Waals surface area contributed by atoms with Gasteiger partial charge in [0.05, 0.1) is 25.7 Å². The van der Waals surface area contributed by atoms with E-state index < -0.39 is 0 Å². The van der Waals surface area contributed by atoms with Crippen LogP contribution < -0.4 is 15.2 Å². The lowest BCUT2D eigenvalue weighted by Gasteiger charge is -2.09. The number of carbonyl (C=O) groups excluding carboxylic acids is 1. The van der Waals surface area contributed by atoms with E-state index >= 15 is 0 Å². The summed E-state index contributed by atoms with van der Waals surface area (Å²) >= 11 is 6.15. The first kappa shape index (κ1) is 17.8. The number of nitrogens with zero attached hydrogens (tertiary/aromatic N) is 3. The van der Waals surface area contributed by atoms with Gasteiger partial charge in [0.25, 0.3) is 5.91 Å². The maximum Gasteiger partial charge on any atom is 0.254 e. The Morgan fingerprint density at radius 2 is 1.88 bits per heavy atom. The normalized spacial score (nSPS) is 10.6. The predicted molar refractivity (Wildman–Crippen MR) is 98.8 cm³/mol. The first-order valence-corrected chi connectivity index (χ1v) is 8.13. The summed E-state index contributed by atoms with van der Waals surface area (Å²) in [4.78, 5) is 16.7. The highest BCUT2D eigenvalue weighted by atomic mass is 35.5. The van der Waals surface area contributed by atoms with E-state index in [9.17, 15) is 4.79 Å². The number of rotatable bonds is 5. The van der Waals surface area contributed by atoms with E-state index in [4.69, 9.17) is 26.8 Å². The molecular formula is C18H17ClN4O3. The fourth-order valence-corrected chi connectivity index (χ4v) is 2.72. The van der Waals surface area contributed by atoms with Crippen LogP contribution in [-0.4, -0.2) is 34.9 Å². The van der Waals surface area contributed by atoms with E-state index in [0.717, 1.165) is 10.2 Å². The third kappa shape index (κ3) is 3.48. The molecule has 0 saturated heterocycles. The van der Waals surface area contributed by atoms with Crippen molar-refractivity contribution in [2.75, 3.05) is 20.0 Å². The van der Waals surface area contributed by atoms with Gasteiger partial charge in [-0.05, 0) is 29.8 Å². The molecule has 0 radical (unpaired) electrons. The fraction of sp³-hybridized carbons (Fsp3) is 0.167. The second-order valence-electron chi connectivity index (χ2n) is 5.45. The van der Waals surface area contributed by atoms with E-state index in [0.29, 0.717) is 27.9 Å². The Balaban J connectivity index is 1.86. The molecular weight excluding hydrogens is 356 g/mol. The Hall–Kier alpha value is -3.06. The zero-order chi connectivity index (χ0) is 18.7. The van der Waals surface area contributed by atoms with Crippen LogP contribution in [0.1, 0.15) is 10.4 Å². The van der Waals surface area contributed by atoms with Gasteiger partial charge in [-0.1, -0.05) is 29.8 Å². The van der Waals surface area contributed by atoms with Gasteiger partial charge in [0.1, 0.15) is 0 Å². The monoisotopic (exact) mass is 372 g/mol. The predicted octanol–water partition coefficient (Wildman–Crippen LogP) is 3.08. The third-order valence-electron chi connectivity index (χ3n) is 3.79. The molecule has 1 aromatic heterocycles. The molecule has 1 heterocycles. The van der Waals surface area contributed by atoms with E-state index in [1.807, 2.05) is 6.07 Å². The van der Waals surface area contributed by atoms with Gasteiger partial charge in [0.15, 0.2) is 17.3 Å². The molecule has 0 aliphatic heterocycles. The summed E-state index contributed by atoms with van der Waals surface area (Å²) in [5, 5.41) is 4.69. The molecule has 8 heteroatoms. The first-order chi connectivity index (χ1) is 12.5. The fourth-order valence-electron chi connectivity index (χ4n) is 2.50. The number of nitrogen functional groups attached to an aromatic ring is 1. The van der Waals surface area contributed by atoms with Gasteiger partial charge >= 0.3 is 0 Å². The van der Waals surface area contributed by atoms with Gasteiger partial charge in [-0.2, -0.15) is 9.67 Å². The Kier molecular flexibility index (Phi) is 5.09. The van der Waals surface area contributed by atoms with Crippen LogP contribution in [0.5, 0.6) is 11.5 Å². The highest BCUT2D eigenvalue weighted by molar-refractivity contribution is 6.33. The molecule has 0 amide bonds. The zero-order valence-electron chi connectivity index (χ0n) is 14.3. The lowest BCUT2D eigenvalue weighted by molar-refractivity contribution is 0.0901. The van der Waals surface area contributed by atoms with Gasteiger partial charge < -0.3 is 15.2 Å². The topological polar surface area (TPSA) is 92.3 Å². The SMILES string of the molecule is COc1ccc(CC(=O)n2nc(-c3ccccc3Cl)nc2N)cc1OC. The first-order valence-electron chi connectivity index (χ1n) is 7.75. The van der Waals surface area contributed by atoms with E-state index in [-0.39, 0.29) is 18.3 Å². The average molecular weight is 373 g/mol. The smallest absolute Gasteiger partial charge is 0.254 e. The Labute approximate surface area is 155 Å². The van der Waals surface area contributed by atoms with Crippen LogP contribution in [0, 0.1) is 0 Å². The zero-order valence-corrected chi connectivity index (χ0v) is 15.0. The standard InChI is InChI=1S/C18H17ClN4O3/c1-25-14-8-7-11(9-15(14)26-2)10-16(24)23-18(20)21-17(22-23)12-5-3-4-6-13(12)19/h3-9H,10H2,1-2H3,(H2,20,21,22). The molecule has 3 aromatic rings. The van der Waals surface area contributed by atoms with Crippen molar-refractivity contribution in [3.05, 3.63) is 53.1 Å². The van der Waals surface area contributed by atoms with Crippen LogP contribution >= 0.6 is 11.6 Å². The maximum absolute atomic E-state index is 12.6. The number of nitrogens with two attached hydrogens (primary N) is 1. The lowest BCUT2D eigenvalue weighted by Crippen LogP contribution is -2.17. The largest absolute Gasteiger partial charge is 0.493 e. The number of aromatic nitrogens is 3. The van der Waals surface area contributed by atoms with Crippen LogP contribution in [0.3, 0.4) is 0 Å². The molecule has 0 fully saturated rings. The number of ether oxygens (including phenoxy) is 2. The molecule has 0 bridgehead atoms. The molecule has 3 rings (SSSR count). The average Bonchev–Trinajstić information content (AvgIpc) is 3.03. The van der Waals surface area contributed by atoms with Crippen molar-refractivity contribution in [3.8, 4) is 22.9 Å². The maximum atomic E-state index is 12.6. The van der Waals surface area contributed by atoms with E-state index in [1.165, 1.54) is 7.11 Å². The van der Waals surface area contributed by atoms with Gasteiger partial charge in [-0.15, -0.1) is 5.10 Å². The molecule has 0 unspecified atom stereocenters. The molecule has 0 saturated carbocycles. The summed E-state index contributed by atoms with van der Waals surface area (Å²) in [6.07, 6.45) is 0.0792. The number of methoxy groups -OCH3 is 2. The number of anilines is 1. The van der Waals surface area contributed by atoms with Gasteiger partial charge in [0, 0.05) is 5.56 Å². The highest BCUT2D eigenvalue weighted by Crippen LogP contribution is 2.28. The molecule has 7 nitrogen and oxygen atoms in total. The second-order valence-corrected chi connectivity index (χ2v) is 5.85. The minimum absolute atomic E-state index is 0.00500. The van der Waals surface area contributed by atoms with Crippen molar-refractivity contribution < 1.29 is 14.3 Å². The van der Waals surface area contributed by atoms with Crippen LogP contribution in [0.25, 0.3) is 11.4 Å². The number of hydrogen-bond donors (Lipinski definition) is 1. The van der Waals surface area contributed by atoms with Crippen LogP contribution in [0.15, 0.2) is 42.5 Å². The molecule has 26 heavy (non-hydrogen) atoms. The summed E-state index contributed by atoms with van der Waals surface area (Å²) in [6.45, 7) is 0. The van der Waals surface area contributed by atoms with E-state index in [1.54, 1.807) is 43.5 Å². The van der Waals surface area contributed by atoms with Crippen molar-refractivity contribution in [3.63, 3.8) is 0 Å². The summed E-state index contributed by atoms with van der Waals surface area (Å²) in [5.74, 6) is 1.12. The quantitative estimate of drug-likeness (QED) is 0.739. The summed E-state index contributed by atoms with van der Waals surface area (Å²) in [6, 6.07) is 12.3. The molecule has 0 spiro atoms. The summed E-state index contributed by atoms with van der Waals surface area (Å²) < 4.78 is 11.5. The molecule has 0 aliphatic rings. The van der Waals surface area contributed by atoms with Crippen LogP contribution in [-0.2, 0) is 6.42 Å².